The quantitative estimate of drug-likeness (QED) is 0.460. The molecule has 8 nitrogen and oxygen atoms in total. The molecule has 0 saturated heterocycles. The molecule has 0 saturated carbocycles. The molecule has 0 aliphatic carbocycles. The van der Waals surface area contributed by atoms with Gasteiger partial charge in [0, 0.05) is 35.5 Å². The minimum absolute atomic E-state index is 0.0647. The minimum Gasteiger partial charge on any atom is -0.497 e. The first-order chi connectivity index (χ1) is 17.5. The smallest absolute Gasteiger partial charge is 0.260 e. The van der Waals surface area contributed by atoms with Gasteiger partial charge in [-0.25, -0.2) is 0 Å². The largest absolute Gasteiger partial charge is 0.497 e. The van der Waals surface area contributed by atoms with Crippen LogP contribution in [0, 0.1) is 0 Å². The van der Waals surface area contributed by atoms with Gasteiger partial charge in [-0.2, -0.15) is 0 Å². The maximum absolute atomic E-state index is 13.5. The number of para-hydroxylation sites is 1. The molecule has 3 heterocycles. The van der Waals surface area contributed by atoms with Gasteiger partial charge in [0.15, 0.2) is 0 Å². The van der Waals surface area contributed by atoms with Crippen molar-refractivity contribution in [3.8, 4) is 5.75 Å². The number of pyridine rings is 1. The highest BCUT2D eigenvalue weighted by molar-refractivity contribution is 6.16. The van der Waals surface area contributed by atoms with Crippen LogP contribution in [0.3, 0.4) is 0 Å². The third kappa shape index (κ3) is 3.46. The summed E-state index contributed by atoms with van der Waals surface area (Å²) < 4.78 is 5.23. The summed E-state index contributed by atoms with van der Waals surface area (Å²) in [5, 5.41) is 3.74. The van der Waals surface area contributed by atoms with E-state index in [9.17, 15) is 14.4 Å². The number of nitrogens with zero attached hydrogens (tertiary/aromatic N) is 3. The van der Waals surface area contributed by atoms with E-state index in [0.717, 1.165) is 16.5 Å². The van der Waals surface area contributed by atoms with Gasteiger partial charge >= 0.3 is 0 Å². The van der Waals surface area contributed by atoms with E-state index < -0.39 is 6.17 Å². The van der Waals surface area contributed by atoms with Crippen molar-refractivity contribution in [2.24, 2.45) is 0 Å². The van der Waals surface area contributed by atoms with Crippen LogP contribution < -0.4 is 15.0 Å². The van der Waals surface area contributed by atoms with Crippen molar-refractivity contribution in [2.75, 3.05) is 23.9 Å². The Morgan fingerprint density at radius 3 is 2.58 bits per heavy atom. The van der Waals surface area contributed by atoms with Crippen molar-refractivity contribution < 1.29 is 19.1 Å². The minimum atomic E-state index is -0.582. The Labute approximate surface area is 207 Å². The normalized spacial score (nSPS) is 16.0. The number of carbonyl (C=O) groups excluding carboxylic acids is 3. The van der Waals surface area contributed by atoms with Gasteiger partial charge in [0.05, 0.1) is 35.8 Å². The second-order valence-corrected chi connectivity index (χ2v) is 8.73. The first kappa shape index (κ1) is 21.8. The summed E-state index contributed by atoms with van der Waals surface area (Å²) in [6, 6.07) is 21.8. The van der Waals surface area contributed by atoms with Crippen LogP contribution in [0.5, 0.6) is 5.75 Å². The molecule has 36 heavy (non-hydrogen) atoms. The predicted octanol–water partition coefficient (Wildman–Crippen LogP) is 4.39. The van der Waals surface area contributed by atoms with Crippen molar-refractivity contribution in [3.63, 3.8) is 0 Å². The monoisotopic (exact) mass is 478 g/mol. The van der Waals surface area contributed by atoms with Gasteiger partial charge in [-0.15, -0.1) is 0 Å². The summed E-state index contributed by atoms with van der Waals surface area (Å²) in [6.07, 6.45) is 1.08. The van der Waals surface area contributed by atoms with Crippen molar-refractivity contribution >= 4 is 40.0 Å². The van der Waals surface area contributed by atoms with E-state index in [2.05, 4.69) is 10.3 Å². The molecule has 0 fully saturated rings. The number of amides is 3. The molecule has 0 spiro atoms. The maximum atomic E-state index is 13.5. The number of hydrogen-bond acceptors (Lipinski definition) is 5. The van der Waals surface area contributed by atoms with Crippen LogP contribution in [0.15, 0.2) is 79.0 Å². The topological polar surface area (TPSA) is 91.8 Å². The molecule has 2 aliphatic rings. The Morgan fingerprint density at radius 1 is 0.972 bits per heavy atom. The van der Waals surface area contributed by atoms with Gasteiger partial charge in [0.2, 0.25) is 5.91 Å². The highest BCUT2D eigenvalue weighted by Crippen LogP contribution is 2.45. The standard InChI is InChI=1S/C28H22N4O4/c1-36-19-11-10-17-14-18(16-29-23(17)15-19)30-25(33)12-13-31-26-20-6-2-3-7-21(20)28(35)32(26)24-9-5-4-8-22(24)27(31)34/h2-11,14-16,26H,12-13H2,1H3,(H,30,33)/t26-/m1/s1. The predicted molar refractivity (Wildman–Crippen MR) is 135 cm³/mol. The third-order valence-electron chi connectivity index (χ3n) is 6.64. The number of anilines is 2. The summed E-state index contributed by atoms with van der Waals surface area (Å²) in [7, 11) is 1.60. The maximum Gasteiger partial charge on any atom is 0.260 e. The fraction of sp³-hybridized carbons (Fsp3) is 0.143. The van der Waals surface area contributed by atoms with Crippen LogP contribution in [0.1, 0.15) is 38.9 Å². The lowest BCUT2D eigenvalue weighted by Gasteiger charge is -2.40. The fourth-order valence-electron chi connectivity index (χ4n) is 4.94. The number of aromatic nitrogens is 1. The van der Waals surface area contributed by atoms with E-state index in [1.807, 2.05) is 48.5 Å². The Morgan fingerprint density at radius 2 is 1.75 bits per heavy atom. The van der Waals surface area contributed by atoms with Crippen molar-refractivity contribution in [2.45, 2.75) is 12.6 Å². The zero-order valence-corrected chi connectivity index (χ0v) is 19.5. The first-order valence-corrected chi connectivity index (χ1v) is 11.6. The van der Waals surface area contributed by atoms with E-state index >= 15 is 0 Å². The highest BCUT2D eigenvalue weighted by atomic mass is 16.5. The molecule has 178 valence electrons. The second kappa shape index (κ2) is 8.49. The number of benzene rings is 3. The molecule has 1 aromatic heterocycles. The number of methoxy groups -OCH3 is 1. The van der Waals surface area contributed by atoms with Crippen LogP contribution >= 0.6 is 0 Å². The van der Waals surface area contributed by atoms with E-state index in [4.69, 9.17) is 4.74 Å². The zero-order chi connectivity index (χ0) is 24.8. The molecule has 0 bridgehead atoms. The lowest BCUT2D eigenvalue weighted by molar-refractivity contribution is -0.116. The van der Waals surface area contributed by atoms with Crippen molar-refractivity contribution in [1.29, 1.82) is 0 Å². The molecule has 4 aromatic rings. The molecular formula is C28H22N4O4. The lowest BCUT2D eigenvalue weighted by Crippen LogP contribution is -2.49. The number of rotatable bonds is 5. The Balaban J connectivity index is 1.24. The van der Waals surface area contributed by atoms with Gasteiger partial charge in [-0.3, -0.25) is 24.3 Å². The molecular weight excluding hydrogens is 456 g/mol. The lowest BCUT2D eigenvalue weighted by atomic mass is 10.0. The van der Waals surface area contributed by atoms with Gasteiger partial charge in [0.25, 0.3) is 11.8 Å². The second-order valence-electron chi connectivity index (χ2n) is 8.73. The molecule has 0 unspecified atom stereocenters. The van der Waals surface area contributed by atoms with Gasteiger partial charge in [-0.05, 0) is 36.4 Å². The Hall–Kier alpha value is -4.72. The molecule has 1 N–H and O–H groups in total. The summed E-state index contributed by atoms with van der Waals surface area (Å²) >= 11 is 0. The van der Waals surface area contributed by atoms with E-state index in [1.165, 1.54) is 0 Å². The van der Waals surface area contributed by atoms with Crippen molar-refractivity contribution in [1.82, 2.24) is 9.88 Å². The van der Waals surface area contributed by atoms with Crippen LogP contribution in [0.4, 0.5) is 11.4 Å². The number of hydrogen-bond donors (Lipinski definition) is 1. The van der Waals surface area contributed by atoms with Crippen molar-refractivity contribution in [3.05, 3.63) is 95.7 Å². The molecule has 0 radical (unpaired) electrons. The van der Waals surface area contributed by atoms with Crippen LogP contribution in [0.25, 0.3) is 10.9 Å². The first-order valence-electron chi connectivity index (χ1n) is 11.6. The number of carbonyl (C=O) groups is 3. The Kier molecular flexibility index (Phi) is 5.14. The highest BCUT2D eigenvalue weighted by Gasteiger charge is 2.47. The summed E-state index contributed by atoms with van der Waals surface area (Å²) in [5.41, 5.74) is 3.70. The van der Waals surface area contributed by atoms with Crippen LogP contribution in [-0.4, -0.2) is 41.3 Å². The molecule has 3 amide bonds. The average molecular weight is 479 g/mol. The van der Waals surface area contributed by atoms with E-state index in [-0.39, 0.29) is 30.7 Å². The molecule has 1 atom stereocenters. The summed E-state index contributed by atoms with van der Waals surface area (Å²) in [6.45, 7) is 0.153. The van der Waals surface area contributed by atoms with Crippen LogP contribution in [0.2, 0.25) is 0 Å². The number of fused-ring (bicyclic) bond motifs is 6. The number of nitrogens with one attached hydrogen (secondary N) is 1. The fourth-order valence-corrected chi connectivity index (χ4v) is 4.94. The zero-order valence-electron chi connectivity index (χ0n) is 19.5. The Bertz CT molecular complexity index is 1550. The number of ether oxygens (including phenoxy) is 1. The third-order valence-corrected chi connectivity index (χ3v) is 6.64. The van der Waals surface area contributed by atoms with Gasteiger partial charge < -0.3 is 15.0 Å². The molecule has 2 aliphatic heterocycles. The molecule has 8 heteroatoms. The van der Waals surface area contributed by atoms with E-state index in [1.54, 1.807) is 47.4 Å². The van der Waals surface area contributed by atoms with Gasteiger partial charge in [0.1, 0.15) is 11.9 Å². The molecule has 6 rings (SSSR count). The van der Waals surface area contributed by atoms with Gasteiger partial charge in [-0.1, -0.05) is 30.3 Å². The summed E-state index contributed by atoms with van der Waals surface area (Å²) in [5.74, 6) is 0.107. The SMILES string of the molecule is COc1ccc2cc(NC(=O)CCN3C(=O)c4ccccc4N4C(=O)c5ccccc5[C@H]34)cnc2c1. The summed E-state index contributed by atoms with van der Waals surface area (Å²) in [4.78, 5) is 47.3. The molecule has 3 aromatic carbocycles. The van der Waals surface area contributed by atoms with Crippen LogP contribution in [-0.2, 0) is 4.79 Å². The van der Waals surface area contributed by atoms with E-state index in [0.29, 0.717) is 28.3 Å². The average Bonchev–Trinajstić information content (AvgIpc) is 3.21.